The maximum absolute atomic E-state index is 4.55. The van der Waals surface area contributed by atoms with Gasteiger partial charge < -0.3 is 10.3 Å². The number of aromatic amines is 1. The van der Waals surface area contributed by atoms with Crippen LogP contribution in [0.1, 0.15) is 46.5 Å². The second-order valence-electron chi connectivity index (χ2n) is 6.08. The lowest BCUT2D eigenvalue weighted by molar-refractivity contribution is 0.342. The minimum Gasteiger partial charge on any atom is -0.355 e. The van der Waals surface area contributed by atoms with Crippen molar-refractivity contribution in [1.29, 1.82) is 0 Å². The molecule has 0 unspecified atom stereocenters. The molecule has 1 aromatic carbocycles. The van der Waals surface area contributed by atoms with Crippen LogP contribution in [0.3, 0.4) is 0 Å². The van der Waals surface area contributed by atoms with E-state index in [0.717, 1.165) is 23.5 Å². The highest BCUT2D eigenvalue weighted by Gasteiger charge is 2.17. The lowest BCUT2D eigenvalue weighted by Crippen LogP contribution is -2.23. The Labute approximate surface area is 115 Å². The van der Waals surface area contributed by atoms with Gasteiger partial charge in [0.05, 0.1) is 11.0 Å². The van der Waals surface area contributed by atoms with Crippen LogP contribution in [0.25, 0.3) is 11.0 Å². The fraction of sp³-hybridized carbons (Fsp3) is 0.562. The van der Waals surface area contributed by atoms with E-state index in [4.69, 9.17) is 0 Å². The molecule has 3 heteroatoms. The molecule has 1 heterocycles. The van der Waals surface area contributed by atoms with Gasteiger partial charge in [0.25, 0.3) is 0 Å². The van der Waals surface area contributed by atoms with Gasteiger partial charge in [-0.15, -0.1) is 0 Å². The third-order valence-electron chi connectivity index (χ3n) is 3.58. The summed E-state index contributed by atoms with van der Waals surface area (Å²) in [5, 5.41) is 3.43. The minimum absolute atomic E-state index is 0.314. The third kappa shape index (κ3) is 3.98. The SMILES string of the molecule is CCCCCC(C)(C)CNc1nc2ccccc2[nH]1. The predicted molar refractivity (Wildman–Crippen MR) is 82.5 cm³/mol. The summed E-state index contributed by atoms with van der Waals surface area (Å²) in [4.78, 5) is 7.86. The van der Waals surface area contributed by atoms with Crippen LogP contribution in [-0.4, -0.2) is 16.5 Å². The standard InChI is InChI=1S/C16H25N3/c1-4-5-8-11-16(2,3)12-17-15-18-13-9-6-7-10-14(13)19-15/h6-7,9-10H,4-5,8,11-12H2,1-3H3,(H2,17,18,19). The van der Waals surface area contributed by atoms with Crippen molar-refractivity contribution in [2.45, 2.75) is 46.5 Å². The zero-order valence-electron chi connectivity index (χ0n) is 12.3. The molecule has 2 aromatic rings. The Morgan fingerprint density at radius 1 is 1.21 bits per heavy atom. The lowest BCUT2D eigenvalue weighted by Gasteiger charge is -2.24. The van der Waals surface area contributed by atoms with Crippen molar-refractivity contribution in [2.24, 2.45) is 5.41 Å². The van der Waals surface area contributed by atoms with Gasteiger partial charge >= 0.3 is 0 Å². The summed E-state index contributed by atoms with van der Waals surface area (Å²) >= 11 is 0. The molecule has 0 aliphatic heterocycles. The molecule has 104 valence electrons. The predicted octanol–water partition coefficient (Wildman–Crippen LogP) is 4.58. The molecule has 2 N–H and O–H groups in total. The lowest BCUT2D eigenvalue weighted by atomic mass is 9.87. The Kier molecular flexibility index (Phi) is 4.46. The highest BCUT2D eigenvalue weighted by Crippen LogP contribution is 2.24. The van der Waals surface area contributed by atoms with Gasteiger partial charge in [-0.1, -0.05) is 52.2 Å². The van der Waals surface area contributed by atoms with Gasteiger partial charge in [0.15, 0.2) is 0 Å². The summed E-state index contributed by atoms with van der Waals surface area (Å²) in [6, 6.07) is 8.13. The highest BCUT2D eigenvalue weighted by atomic mass is 15.1. The maximum Gasteiger partial charge on any atom is 0.201 e. The number of H-pyrrole nitrogens is 1. The number of imidazole rings is 1. The number of rotatable bonds is 7. The van der Waals surface area contributed by atoms with Crippen LogP contribution in [0, 0.1) is 5.41 Å². The molecule has 2 rings (SSSR count). The van der Waals surface area contributed by atoms with Gasteiger partial charge in [0, 0.05) is 6.54 Å². The largest absolute Gasteiger partial charge is 0.355 e. The molecular formula is C16H25N3. The third-order valence-corrected chi connectivity index (χ3v) is 3.58. The number of para-hydroxylation sites is 2. The molecule has 0 aliphatic carbocycles. The molecule has 0 saturated heterocycles. The van der Waals surface area contributed by atoms with Crippen LogP contribution < -0.4 is 5.32 Å². The van der Waals surface area contributed by atoms with E-state index in [0.29, 0.717) is 5.41 Å². The molecule has 3 nitrogen and oxygen atoms in total. The zero-order chi connectivity index (χ0) is 13.7. The second-order valence-corrected chi connectivity index (χ2v) is 6.08. The van der Waals surface area contributed by atoms with E-state index in [-0.39, 0.29) is 0 Å². The van der Waals surface area contributed by atoms with Crippen LogP contribution >= 0.6 is 0 Å². The van der Waals surface area contributed by atoms with Crippen LogP contribution in [-0.2, 0) is 0 Å². The van der Waals surface area contributed by atoms with Crippen molar-refractivity contribution in [3.05, 3.63) is 24.3 Å². The number of nitrogens with one attached hydrogen (secondary N) is 2. The monoisotopic (exact) mass is 259 g/mol. The van der Waals surface area contributed by atoms with Crippen molar-refractivity contribution >= 4 is 17.0 Å². The van der Waals surface area contributed by atoms with E-state index < -0.39 is 0 Å². The molecule has 0 saturated carbocycles. The number of fused-ring (bicyclic) bond motifs is 1. The summed E-state index contributed by atoms with van der Waals surface area (Å²) in [5.41, 5.74) is 2.43. The average Bonchev–Trinajstić information content (AvgIpc) is 2.79. The van der Waals surface area contributed by atoms with Gasteiger partial charge in [-0.3, -0.25) is 0 Å². The maximum atomic E-state index is 4.55. The molecule has 1 aromatic heterocycles. The van der Waals surface area contributed by atoms with Crippen molar-refractivity contribution in [2.75, 3.05) is 11.9 Å². The number of anilines is 1. The van der Waals surface area contributed by atoms with Crippen LogP contribution in [0.5, 0.6) is 0 Å². The highest BCUT2D eigenvalue weighted by molar-refractivity contribution is 5.77. The normalized spacial score (nSPS) is 11.9. The van der Waals surface area contributed by atoms with Crippen molar-refractivity contribution in [3.63, 3.8) is 0 Å². The summed E-state index contributed by atoms with van der Waals surface area (Å²) < 4.78 is 0. The van der Waals surface area contributed by atoms with E-state index in [1.165, 1.54) is 25.7 Å². The van der Waals surface area contributed by atoms with E-state index in [1.54, 1.807) is 0 Å². The number of hydrogen-bond acceptors (Lipinski definition) is 2. The molecule has 0 spiro atoms. The molecule has 0 fully saturated rings. The van der Waals surface area contributed by atoms with Gasteiger partial charge in [0.1, 0.15) is 0 Å². The first-order chi connectivity index (χ1) is 9.11. The summed E-state index contributed by atoms with van der Waals surface area (Å²) in [6.07, 6.45) is 5.18. The van der Waals surface area contributed by atoms with Crippen molar-refractivity contribution < 1.29 is 0 Å². The number of hydrogen-bond donors (Lipinski definition) is 2. The first kappa shape index (κ1) is 13.9. The van der Waals surface area contributed by atoms with Gasteiger partial charge in [-0.05, 0) is 24.0 Å². The fourth-order valence-corrected chi connectivity index (χ4v) is 2.30. The van der Waals surface area contributed by atoms with Crippen molar-refractivity contribution in [3.8, 4) is 0 Å². The second kappa shape index (κ2) is 6.09. The Balaban J connectivity index is 1.90. The summed E-state index contributed by atoms with van der Waals surface area (Å²) in [7, 11) is 0. The van der Waals surface area contributed by atoms with E-state index >= 15 is 0 Å². The molecule has 19 heavy (non-hydrogen) atoms. The average molecular weight is 259 g/mol. The molecule has 0 amide bonds. The Morgan fingerprint density at radius 3 is 2.74 bits per heavy atom. The quantitative estimate of drug-likeness (QED) is 0.714. The minimum atomic E-state index is 0.314. The van der Waals surface area contributed by atoms with Crippen LogP contribution in [0.15, 0.2) is 24.3 Å². The Bertz CT molecular complexity index is 480. The molecule has 0 aliphatic rings. The van der Waals surface area contributed by atoms with Crippen LogP contribution in [0.2, 0.25) is 0 Å². The first-order valence-electron chi connectivity index (χ1n) is 7.29. The summed E-state index contributed by atoms with van der Waals surface area (Å²) in [6.45, 7) is 7.84. The smallest absolute Gasteiger partial charge is 0.201 e. The van der Waals surface area contributed by atoms with E-state index in [9.17, 15) is 0 Å². The molecule has 0 atom stereocenters. The zero-order valence-corrected chi connectivity index (χ0v) is 12.3. The number of aromatic nitrogens is 2. The summed E-state index contributed by atoms with van der Waals surface area (Å²) in [5.74, 6) is 0.879. The fourth-order valence-electron chi connectivity index (χ4n) is 2.30. The van der Waals surface area contributed by atoms with Crippen molar-refractivity contribution in [1.82, 2.24) is 9.97 Å². The van der Waals surface area contributed by atoms with E-state index in [2.05, 4.69) is 42.1 Å². The van der Waals surface area contributed by atoms with Gasteiger partial charge in [-0.2, -0.15) is 0 Å². The topological polar surface area (TPSA) is 40.7 Å². The first-order valence-corrected chi connectivity index (χ1v) is 7.29. The Morgan fingerprint density at radius 2 is 2.00 bits per heavy atom. The van der Waals surface area contributed by atoms with E-state index in [1.807, 2.05) is 18.2 Å². The molecule has 0 radical (unpaired) electrons. The molecular weight excluding hydrogens is 234 g/mol. The van der Waals surface area contributed by atoms with Gasteiger partial charge in [-0.25, -0.2) is 4.98 Å². The number of unbranched alkanes of at least 4 members (excludes halogenated alkanes) is 2. The van der Waals surface area contributed by atoms with Crippen LogP contribution in [0.4, 0.5) is 5.95 Å². The van der Waals surface area contributed by atoms with Gasteiger partial charge in [0.2, 0.25) is 5.95 Å². The number of benzene rings is 1. The number of nitrogens with zero attached hydrogens (tertiary/aromatic N) is 1. The Hall–Kier alpha value is -1.51. The molecule has 0 bridgehead atoms.